The molecule has 0 aliphatic rings. The Balaban J connectivity index is 1.67. The average Bonchev–Trinajstić information content (AvgIpc) is 3.17. The van der Waals surface area contributed by atoms with Crippen LogP contribution in [0.3, 0.4) is 0 Å². The van der Waals surface area contributed by atoms with Crippen LogP contribution in [0.2, 0.25) is 0 Å². The fourth-order valence-corrected chi connectivity index (χ4v) is 2.38. The first kappa shape index (κ1) is 20.1. The van der Waals surface area contributed by atoms with E-state index in [1.165, 1.54) is 36.0 Å². The van der Waals surface area contributed by atoms with Crippen LogP contribution in [0.1, 0.15) is 23.5 Å². The molecule has 6 nitrogen and oxygen atoms in total. The van der Waals surface area contributed by atoms with Crippen LogP contribution in [-0.2, 0) is 4.79 Å². The van der Waals surface area contributed by atoms with Gasteiger partial charge in [-0.2, -0.15) is 5.10 Å². The highest BCUT2D eigenvalue weighted by atomic mass is 19.2. The number of nitrogens with zero attached hydrogens (tertiary/aromatic N) is 2. The van der Waals surface area contributed by atoms with Crippen molar-refractivity contribution >= 4 is 23.2 Å². The second kappa shape index (κ2) is 8.13. The molecule has 0 radical (unpaired) electrons. The van der Waals surface area contributed by atoms with Crippen molar-refractivity contribution in [1.82, 2.24) is 9.78 Å². The fraction of sp³-hybridized carbons (Fsp3) is 0.105. The highest BCUT2D eigenvalue weighted by Crippen LogP contribution is 2.17. The molecule has 0 bridgehead atoms. The van der Waals surface area contributed by atoms with Crippen LogP contribution in [0, 0.1) is 23.3 Å². The van der Waals surface area contributed by atoms with Crippen LogP contribution in [0.15, 0.2) is 48.7 Å². The minimum Gasteiger partial charge on any atom is -0.324 e. The topological polar surface area (TPSA) is 76.0 Å². The Labute approximate surface area is 162 Å². The second-order valence-electron chi connectivity index (χ2n) is 6.06. The molecule has 0 spiro atoms. The van der Waals surface area contributed by atoms with Crippen molar-refractivity contribution in [3.63, 3.8) is 0 Å². The maximum absolute atomic E-state index is 13.2. The maximum Gasteiger partial charge on any atom is 0.276 e. The summed E-state index contributed by atoms with van der Waals surface area (Å²) in [6.07, 6.45) is 1.37. The third kappa shape index (κ3) is 4.60. The quantitative estimate of drug-likeness (QED) is 0.632. The van der Waals surface area contributed by atoms with Gasteiger partial charge in [0.15, 0.2) is 29.0 Å². The third-order valence-corrected chi connectivity index (χ3v) is 3.98. The SMILES string of the molecule is C[C@@H](C(=O)Nc1ccc(F)c(F)c1)n1ccc(C(=O)Nc2ccc(F)c(F)c2)n1. The van der Waals surface area contributed by atoms with E-state index >= 15 is 0 Å². The molecule has 150 valence electrons. The largest absolute Gasteiger partial charge is 0.324 e. The summed E-state index contributed by atoms with van der Waals surface area (Å²) in [5, 5.41) is 8.76. The van der Waals surface area contributed by atoms with Gasteiger partial charge in [-0.25, -0.2) is 17.6 Å². The monoisotopic (exact) mass is 406 g/mol. The van der Waals surface area contributed by atoms with Gasteiger partial charge in [0.2, 0.25) is 5.91 Å². The number of carbonyl (C=O) groups excluding carboxylic acids is 2. The van der Waals surface area contributed by atoms with Gasteiger partial charge in [0.25, 0.3) is 5.91 Å². The third-order valence-electron chi connectivity index (χ3n) is 3.98. The first-order chi connectivity index (χ1) is 13.7. The molecule has 0 aliphatic carbocycles. The van der Waals surface area contributed by atoms with Crippen LogP contribution >= 0.6 is 0 Å². The van der Waals surface area contributed by atoms with E-state index in [2.05, 4.69) is 15.7 Å². The zero-order valence-corrected chi connectivity index (χ0v) is 14.9. The Kier molecular flexibility index (Phi) is 5.62. The van der Waals surface area contributed by atoms with Crippen LogP contribution < -0.4 is 10.6 Å². The summed E-state index contributed by atoms with van der Waals surface area (Å²) in [7, 11) is 0. The first-order valence-electron chi connectivity index (χ1n) is 8.32. The molecule has 1 aromatic heterocycles. The highest BCUT2D eigenvalue weighted by molar-refractivity contribution is 6.02. The number of rotatable bonds is 5. The molecule has 0 unspecified atom stereocenters. The first-order valence-corrected chi connectivity index (χ1v) is 8.32. The molecule has 3 rings (SSSR count). The van der Waals surface area contributed by atoms with Crippen molar-refractivity contribution in [2.75, 3.05) is 10.6 Å². The molecule has 2 aromatic carbocycles. The number of aromatic nitrogens is 2. The number of anilines is 2. The molecular weight excluding hydrogens is 392 g/mol. The van der Waals surface area contributed by atoms with Gasteiger partial charge in [0.1, 0.15) is 6.04 Å². The lowest BCUT2D eigenvalue weighted by Gasteiger charge is -2.13. The molecular formula is C19H14F4N4O2. The zero-order valence-electron chi connectivity index (χ0n) is 14.9. The van der Waals surface area contributed by atoms with E-state index in [-0.39, 0.29) is 17.1 Å². The number of hydrogen-bond donors (Lipinski definition) is 2. The molecule has 29 heavy (non-hydrogen) atoms. The van der Waals surface area contributed by atoms with Crippen molar-refractivity contribution in [1.29, 1.82) is 0 Å². The molecule has 2 N–H and O–H groups in total. The van der Waals surface area contributed by atoms with E-state index in [0.717, 1.165) is 24.3 Å². The van der Waals surface area contributed by atoms with Gasteiger partial charge in [-0.15, -0.1) is 0 Å². The van der Waals surface area contributed by atoms with Crippen LogP contribution in [0.25, 0.3) is 0 Å². The summed E-state index contributed by atoms with van der Waals surface area (Å²) in [6, 6.07) is 6.24. The summed E-state index contributed by atoms with van der Waals surface area (Å²) < 4.78 is 53.6. The van der Waals surface area contributed by atoms with E-state index in [0.29, 0.717) is 0 Å². The molecule has 1 atom stereocenters. The molecule has 1 heterocycles. The lowest BCUT2D eigenvalue weighted by Crippen LogP contribution is -2.24. The van der Waals surface area contributed by atoms with Crippen molar-refractivity contribution in [2.45, 2.75) is 13.0 Å². The molecule has 0 saturated heterocycles. The van der Waals surface area contributed by atoms with E-state index < -0.39 is 41.1 Å². The van der Waals surface area contributed by atoms with Gasteiger partial charge in [-0.1, -0.05) is 0 Å². The van der Waals surface area contributed by atoms with Crippen molar-refractivity contribution in [2.24, 2.45) is 0 Å². The Hall–Kier alpha value is -3.69. The predicted molar refractivity (Wildman–Crippen MR) is 96.2 cm³/mol. The van der Waals surface area contributed by atoms with E-state index in [9.17, 15) is 27.2 Å². The summed E-state index contributed by atoms with van der Waals surface area (Å²) >= 11 is 0. The Morgan fingerprint density at radius 2 is 1.41 bits per heavy atom. The fourth-order valence-electron chi connectivity index (χ4n) is 2.38. The van der Waals surface area contributed by atoms with E-state index in [4.69, 9.17) is 0 Å². The summed E-state index contributed by atoms with van der Waals surface area (Å²) in [6.45, 7) is 1.49. The minimum atomic E-state index is -1.11. The number of carbonyl (C=O) groups is 2. The lowest BCUT2D eigenvalue weighted by atomic mass is 10.2. The van der Waals surface area contributed by atoms with Crippen molar-refractivity contribution in [3.05, 3.63) is 77.6 Å². The van der Waals surface area contributed by atoms with Gasteiger partial charge in [-0.05, 0) is 37.3 Å². The van der Waals surface area contributed by atoms with Crippen LogP contribution in [-0.4, -0.2) is 21.6 Å². The average molecular weight is 406 g/mol. The van der Waals surface area contributed by atoms with Gasteiger partial charge in [-0.3, -0.25) is 14.3 Å². The lowest BCUT2D eigenvalue weighted by molar-refractivity contribution is -0.119. The zero-order chi connectivity index (χ0) is 21.1. The number of nitrogens with one attached hydrogen (secondary N) is 2. The minimum absolute atomic E-state index is 0.0348. The molecule has 0 saturated carbocycles. The van der Waals surface area contributed by atoms with E-state index in [1.54, 1.807) is 0 Å². The van der Waals surface area contributed by atoms with Gasteiger partial charge >= 0.3 is 0 Å². The number of amides is 2. The smallest absolute Gasteiger partial charge is 0.276 e. The predicted octanol–water partition coefficient (Wildman–Crippen LogP) is 3.89. The number of benzene rings is 2. The molecule has 0 aliphatic heterocycles. The number of hydrogen-bond acceptors (Lipinski definition) is 3. The van der Waals surface area contributed by atoms with E-state index in [1.807, 2.05) is 0 Å². The molecule has 0 fully saturated rings. The van der Waals surface area contributed by atoms with Crippen LogP contribution in [0.5, 0.6) is 0 Å². The molecule has 3 aromatic rings. The van der Waals surface area contributed by atoms with Gasteiger partial charge < -0.3 is 10.6 Å². The Morgan fingerprint density at radius 3 is 1.97 bits per heavy atom. The highest BCUT2D eigenvalue weighted by Gasteiger charge is 2.19. The molecule has 10 heteroatoms. The number of halogens is 4. The Bertz CT molecular complexity index is 1080. The van der Waals surface area contributed by atoms with Crippen LogP contribution in [0.4, 0.5) is 28.9 Å². The van der Waals surface area contributed by atoms with Crippen molar-refractivity contribution in [3.8, 4) is 0 Å². The molecule has 2 amide bonds. The standard InChI is InChI=1S/C19H14F4N4O2/c1-10(18(28)24-11-2-4-13(20)15(22)8-11)27-7-6-17(26-27)19(29)25-12-3-5-14(21)16(23)9-12/h2-10H,1H3,(H,24,28)(H,25,29)/t10-/m0/s1. The summed E-state index contributed by atoms with van der Waals surface area (Å²) in [5.41, 5.74) is 0.0268. The summed E-state index contributed by atoms with van der Waals surface area (Å²) in [5.74, 6) is -5.58. The van der Waals surface area contributed by atoms with Gasteiger partial charge in [0, 0.05) is 29.7 Å². The summed E-state index contributed by atoms with van der Waals surface area (Å²) in [4.78, 5) is 24.5. The van der Waals surface area contributed by atoms with Crippen molar-refractivity contribution < 1.29 is 27.2 Å². The van der Waals surface area contributed by atoms with Gasteiger partial charge in [0.05, 0.1) is 0 Å². The normalized spacial score (nSPS) is 11.8. The second-order valence-corrected chi connectivity index (χ2v) is 6.06. The maximum atomic E-state index is 13.2. The Morgan fingerprint density at radius 1 is 0.862 bits per heavy atom.